The summed E-state index contributed by atoms with van der Waals surface area (Å²) >= 11 is 5.95. The van der Waals surface area contributed by atoms with E-state index < -0.39 is 11.9 Å². The predicted molar refractivity (Wildman–Crippen MR) is 98.7 cm³/mol. The van der Waals surface area contributed by atoms with E-state index >= 15 is 0 Å². The fourth-order valence-electron chi connectivity index (χ4n) is 2.24. The van der Waals surface area contributed by atoms with Crippen molar-refractivity contribution in [2.45, 2.75) is 6.92 Å². The summed E-state index contributed by atoms with van der Waals surface area (Å²) in [7, 11) is 0. The van der Waals surface area contributed by atoms with Crippen LogP contribution in [0.15, 0.2) is 60.9 Å². The van der Waals surface area contributed by atoms with Crippen molar-refractivity contribution in [3.05, 3.63) is 77.1 Å². The van der Waals surface area contributed by atoms with Gasteiger partial charge in [0, 0.05) is 16.9 Å². The highest BCUT2D eigenvalue weighted by Crippen LogP contribution is 2.15. The maximum atomic E-state index is 12.1. The Bertz CT molecular complexity index is 935. The van der Waals surface area contributed by atoms with E-state index in [4.69, 9.17) is 16.3 Å². The Kier molecular flexibility index (Phi) is 5.34. The molecule has 7 heteroatoms. The molecule has 0 fully saturated rings. The Labute approximate surface area is 155 Å². The number of hydrogen-bond donors (Lipinski definition) is 1. The number of amides is 1. The number of rotatable bonds is 5. The summed E-state index contributed by atoms with van der Waals surface area (Å²) in [6, 6.07) is 14.4. The molecule has 26 heavy (non-hydrogen) atoms. The van der Waals surface area contributed by atoms with E-state index in [1.807, 2.05) is 25.1 Å². The summed E-state index contributed by atoms with van der Waals surface area (Å²) in [5.74, 6) is -1.04. The molecule has 1 amide bonds. The first-order valence-electron chi connectivity index (χ1n) is 7.85. The van der Waals surface area contributed by atoms with Gasteiger partial charge in [-0.05, 0) is 37.3 Å². The number of benzene rings is 2. The molecular weight excluding hydrogens is 354 g/mol. The number of ether oxygens (including phenoxy) is 1. The Hall–Kier alpha value is -3.12. The third-order valence-corrected chi connectivity index (χ3v) is 3.80. The number of carbonyl (C=O) groups excluding carboxylic acids is 2. The van der Waals surface area contributed by atoms with Gasteiger partial charge in [0.1, 0.15) is 0 Å². The monoisotopic (exact) mass is 369 g/mol. The molecule has 1 aromatic heterocycles. The molecule has 0 radical (unpaired) electrons. The van der Waals surface area contributed by atoms with Crippen LogP contribution in [0.2, 0.25) is 5.02 Å². The lowest BCUT2D eigenvalue weighted by Gasteiger charge is -2.06. The zero-order valence-electron chi connectivity index (χ0n) is 14.0. The number of esters is 1. The standard InChI is InChI=1S/C19H16ClN3O3/c1-13-5-7-16(8-6-13)22-18(24)12-26-19(25)14-10-21-23(11-14)17-4-2-3-15(20)9-17/h2-11H,12H2,1H3,(H,22,24). The van der Waals surface area contributed by atoms with Crippen molar-refractivity contribution >= 4 is 29.2 Å². The Morgan fingerprint density at radius 1 is 1.19 bits per heavy atom. The molecular formula is C19H16ClN3O3. The van der Waals surface area contributed by atoms with Crippen molar-refractivity contribution in [1.29, 1.82) is 0 Å². The fraction of sp³-hybridized carbons (Fsp3) is 0.105. The normalized spacial score (nSPS) is 10.4. The molecule has 1 heterocycles. The van der Waals surface area contributed by atoms with Crippen molar-refractivity contribution in [3.8, 4) is 5.69 Å². The number of aryl methyl sites for hydroxylation is 1. The highest BCUT2D eigenvalue weighted by molar-refractivity contribution is 6.30. The van der Waals surface area contributed by atoms with Gasteiger partial charge in [0.15, 0.2) is 6.61 Å². The van der Waals surface area contributed by atoms with Crippen LogP contribution in [0.3, 0.4) is 0 Å². The third-order valence-electron chi connectivity index (χ3n) is 3.56. The average molecular weight is 370 g/mol. The molecule has 0 saturated carbocycles. The van der Waals surface area contributed by atoms with Crippen LogP contribution >= 0.6 is 11.6 Å². The van der Waals surface area contributed by atoms with E-state index in [0.29, 0.717) is 16.4 Å². The number of nitrogens with one attached hydrogen (secondary N) is 1. The van der Waals surface area contributed by atoms with Crippen LogP contribution < -0.4 is 5.32 Å². The molecule has 3 rings (SSSR count). The molecule has 0 atom stereocenters. The van der Waals surface area contributed by atoms with Gasteiger partial charge in [-0.25, -0.2) is 9.48 Å². The largest absolute Gasteiger partial charge is 0.452 e. The maximum absolute atomic E-state index is 12.1. The Morgan fingerprint density at radius 2 is 1.96 bits per heavy atom. The second kappa shape index (κ2) is 7.84. The van der Waals surface area contributed by atoms with E-state index in [2.05, 4.69) is 10.4 Å². The predicted octanol–water partition coefficient (Wildman–Crippen LogP) is 3.63. The fourth-order valence-corrected chi connectivity index (χ4v) is 2.42. The minimum atomic E-state index is -0.627. The second-order valence-electron chi connectivity index (χ2n) is 5.64. The van der Waals surface area contributed by atoms with Gasteiger partial charge in [-0.15, -0.1) is 0 Å². The van der Waals surface area contributed by atoms with Gasteiger partial charge >= 0.3 is 5.97 Å². The van der Waals surface area contributed by atoms with Crippen molar-refractivity contribution in [1.82, 2.24) is 9.78 Å². The van der Waals surface area contributed by atoms with E-state index in [9.17, 15) is 9.59 Å². The lowest BCUT2D eigenvalue weighted by Crippen LogP contribution is -2.20. The van der Waals surface area contributed by atoms with Crippen LogP contribution in [-0.2, 0) is 9.53 Å². The average Bonchev–Trinajstić information content (AvgIpc) is 3.12. The summed E-state index contributed by atoms with van der Waals surface area (Å²) in [6.07, 6.45) is 2.90. The number of hydrogen-bond acceptors (Lipinski definition) is 4. The lowest BCUT2D eigenvalue weighted by atomic mass is 10.2. The van der Waals surface area contributed by atoms with E-state index in [1.54, 1.807) is 30.3 Å². The second-order valence-corrected chi connectivity index (χ2v) is 6.08. The van der Waals surface area contributed by atoms with Crippen LogP contribution in [0, 0.1) is 6.92 Å². The summed E-state index contributed by atoms with van der Waals surface area (Å²) in [4.78, 5) is 23.9. The van der Waals surface area contributed by atoms with Crippen molar-refractivity contribution in [2.75, 3.05) is 11.9 Å². The lowest BCUT2D eigenvalue weighted by molar-refractivity contribution is -0.119. The molecule has 0 saturated heterocycles. The van der Waals surface area contributed by atoms with Gasteiger partial charge in [0.25, 0.3) is 5.91 Å². The van der Waals surface area contributed by atoms with Crippen LogP contribution in [0.4, 0.5) is 5.69 Å². The topological polar surface area (TPSA) is 73.2 Å². The molecule has 3 aromatic rings. The van der Waals surface area contributed by atoms with Gasteiger partial charge < -0.3 is 10.1 Å². The van der Waals surface area contributed by atoms with Crippen molar-refractivity contribution < 1.29 is 14.3 Å². The van der Waals surface area contributed by atoms with Crippen LogP contribution in [0.25, 0.3) is 5.69 Å². The van der Waals surface area contributed by atoms with Gasteiger partial charge in [-0.3, -0.25) is 4.79 Å². The Balaban J connectivity index is 1.57. The Morgan fingerprint density at radius 3 is 2.69 bits per heavy atom. The smallest absolute Gasteiger partial charge is 0.341 e. The minimum Gasteiger partial charge on any atom is -0.452 e. The van der Waals surface area contributed by atoms with Crippen LogP contribution in [0.5, 0.6) is 0 Å². The molecule has 132 valence electrons. The molecule has 6 nitrogen and oxygen atoms in total. The molecule has 1 N–H and O–H groups in total. The summed E-state index contributed by atoms with van der Waals surface area (Å²) in [5, 5.41) is 7.33. The van der Waals surface area contributed by atoms with E-state index in [1.165, 1.54) is 17.1 Å². The maximum Gasteiger partial charge on any atom is 0.341 e. The molecule has 0 aliphatic heterocycles. The SMILES string of the molecule is Cc1ccc(NC(=O)COC(=O)c2cnn(-c3cccc(Cl)c3)c2)cc1. The zero-order valence-corrected chi connectivity index (χ0v) is 14.7. The van der Waals surface area contributed by atoms with Gasteiger partial charge in [-0.2, -0.15) is 5.10 Å². The van der Waals surface area contributed by atoms with Gasteiger partial charge in [-0.1, -0.05) is 35.4 Å². The van der Waals surface area contributed by atoms with Crippen molar-refractivity contribution in [3.63, 3.8) is 0 Å². The summed E-state index contributed by atoms with van der Waals surface area (Å²) in [6.45, 7) is 1.58. The molecule has 0 unspecified atom stereocenters. The van der Waals surface area contributed by atoms with E-state index in [-0.39, 0.29) is 12.2 Å². The number of nitrogens with zero attached hydrogens (tertiary/aromatic N) is 2. The van der Waals surface area contributed by atoms with Crippen molar-refractivity contribution in [2.24, 2.45) is 0 Å². The molecule has 2 aromatic carbocycles. The van der Waals surface area contributed by atoms with Crippen LogP contribution in [-0.4, -0.2) is 28.3 Å². The highest BCUT2D eigenvalue weighted by Gasteiger charge is 2.13. The first-order valence-corrected chi connectivity index (χ1v) is 8.23. The summed E-state index contributed by atoms with van der Waals surface area (Å²) in [5.41, 5.74) is 2.69. The molecule has 0 aliphatic rings. The number of halogens is 1. The van der Waals surface area contributed by atoms with E-state index in [0.717, 1.165) is 5.56 Å². The molecule has 0 bridgehead atoms. The number of aromatic nitrogens is 2. The molecule has 0 aliphatic carbocycles. The van der Waals surface area contributed by atoms with Gasteiger partial charge in [0.05, 0.1) is 17.4 Å². The number of anilines is 1. The third kappa shape index (κ3) is 4.49. The molecule has 0 spiro atoms. The first kappa shape index (κ1) is 17.7. The van der Waals surface area contributed by atoms with Crippen LogP contribution in [0.1, 0.15) is 15.9 Å². The highest BCUT2D eigenvalue weighted by atomic mass is 35.5. The summed E-state index contributed by atoms with van der Waals surface area (Å²) < 4.78 is 6.54. The quantitative estimate of drug-likeness (QED) is 0.697. The zero-order chi connectivity index (χ0) is 18.5. The number of carbonyl (C=O) groups is 2. The first-order chi connectivity index (χ1) is 12.5. The van der Waals surface area contributed by atoms with Gasteiger partial charge in [0.2, 0.25) is 0 Å². The minimum absolute atomic E-state index is 0.244.